The Morgan fingerprint density at radius 2 is 1.86 bits per heavy atom. The molecule has 0 aliphatic carbocycles. The van der Waals surface area contributed by atoms with Crippen LogP contribution in [-0.4, -0.2) is 37.2 Å². The van der Waals surface area contributed by atoms with E-state index < -0.39 is 18.2 Å². The molecule has 0 aliphatic rings. The molecule has 1 N–H and O–H groups in total. The quantitative estimate of drug-likeness (QED) is 0.446. The van der Waals surface area contributed by atoms with E-state index in [9.17, 15) is 0 Å². The lowest BCUT2D eigenvalue weighted by atomic mass is 11.4. The Labute approximate surface area is 60.0 Å². The summed E-state index contributed by atoms with van der Waals surface area (Å²) in [5, 5.41) is 7.65. The Hall–Kier alpha value is 1.27. The van der Waals surface area contributed by atoms with Crippen LogP contribution in [0.2, 0.25) is 0 Å². The number of halogens is 2. The number of ether oxygens (including phenoxy) is 1. The number of aliphatic hydroxyl groups is 1. The van der Waals surface area contributed by atoms with Gasteiger partial charge >= 0.3 is 18.2 Å². The predicted octanol–water partition coefficient (Wildman–Crippen LogP) is 0.581. The van der Waals surface area contributed by atoms with Crippen molar-refractivity contribution in [1.29, 1.82) is 0 Å². The van der Waals surface area contributed by atoms with E-state index >= 15 is 0 Å². The highest BCUT2D eigenvalue weighted by Gasteiger charge is 1.64. The lowest BCUT2D eigenvalue weighted by molar-refractivity contribution is 0.0325. The second-order valence-electron chi connectivity index (χ2n) is 0.519. The zero-order chi connectivity index (χ0) is 6.12. The summed E-state index contributed by atoms with van der Waals surface area (Å²) >= 11 is -0.639. The molecule has 0 aromatic carbocycles. The number of aliphatic hydroxyl groups excluding tert-OH is 1. The average molecular weight is 157 g/mol. The Bertz CT molecular complexity index is 21.2. The Morgan fingerprint density at radius 3 is 1.86 bits per heavy atom. The fourth-order valence-electron chi connectivity index (χ4n) is 0. The van der Waals surface area contributed by atoms with Crippen molar-refractivity contribution in [2.75, 3.05) is 13.9 Å². The third-order valence-corrected chi connectivity index (χ3v) is 0.129. The van der Waals surface area contributed by atoms with E-state index in [1.165, 1.54) is 7.11 Å². The van der Waals surface area contributed by atoms with Gasteiger partial charge in [0.15, 0.2) is 0 Å². The standard InChI is InChI=1S/C2H6O2.2ClH.Mg/c1-4-2-3;;;/h3H,2H2,1H3;2*1H;/q;;;+2/p-2. The van der Waals surface area contributed by atoms with Crippen molar-refractivity contribution in [3.05, 3.63) is 0 Å². The SMILES string of the molecule is COCO.[Cl][Mg][Cl]. The van der Waals surface area contributed by atoms with Gasteiger partial charge in [0.05, 0.1) is 0 Å². The molecule has 0 unspecified atom stereocenters. The van der Waals surface area contributed by atoms with Crippen LogP contribution in [0.3, 0.4) is 0 Å². The molecular formula is C2H6Cl2MgO2. The molecule has 0 bridgehead atoms. The number of hydrogen-bond acceptors (Lipinski definition) is 2. The fourth-order valence-corrected chi connectivity index (χ4v) is 0. The second-order valence-corrected chi connectivity index (χ2v) is 3.15. The van der Waals surface area contributed by atoms with Gasteiger partial charge in [-0.2, -0.15) is 0 Å². The molecule has 0 atom stereocenters. The first kappa shape index (κ1) is 11.1. The van der Waals surface area contributed by atoms with E-state index in [1.54, 1.807) is 0 Å². The molecule has 42 valence electrons. The number of methoxy groups -OCH3 is 1. The minimum atomic E-state index is -0.639. The van der Waals surface area contributed by atoms with E-state index in [1.807, 2.05) is 0 Å². The molecule has 0 amide bonds. The molecule has 5 heteroatoms. The van der Waals surface area contributed by atoms with Crippen molar-refractivity contribution in [2.45, 2.75) is 0 Å². The Balaban J connectivity index is 0. The Morgan fingerprint density at radius 1 is 1.71 bits per heavy atom. The largest absolute Gasteiger partial charge is 0.618 e. The third kappa shape index (κ3) is 39.2. The van der Waals surface area contributed by atoms with Gasteiger partial charge in [0.2, 0.25) is 0 Å². The lowest BCUT2D eigenvalue weighted by Gasteiger charge is -1.76. The van der Waals surface area contributed by atoms with Crippen molar-refractivity contribution < 1.29 is 9.84 Å². The minimum Gasteiger partial charge on any atom is -0.371 e. The van der Waals surface area contributed by atoms with Crippen LogP contribution in [0.1, 0.15) is 0 Å². The average Bonchev–Trinajstić information content (AvgIpc) is 1.69. The highest BCUT2D eigenvalue weighted by molar-refractivity contribution is 7.22. The van der Waals surface area contributed by atoms with Gasteiger partial charge in [-0.25, -0.2) is 0 Å². The van der Waals surface area contributed by atoms with E-state index in [4.69, 9.17) is 23.2 Å². The van der Waals surface area contributed by atoms with Crippen LogP contribution in [0.25, 0.3) is 0 Å². The second kappa shape index (κ2) is 15.7. The normalized spacial score (nSPS) is 5.71. The van der Waals surface area contributed by atoms with E-state index in [-0.39, 0.29) is 6.79 Å². The van der Waals surface area contributed by atoms with Crippen LogP contribution in [0.5, 0.6) is 0 Å². The summed E-state index contributed by atoms with van der Waals surface area (Å²) in [6.07, 6.45) is 0. The van der Waals surface area contributed by atoms with Crippen molar-refractivity contribution >= 4 is 36.3 Å². The minimum absolute atomic E-state index is 0.181. The van der Waals surface area contributed by atoms with Crippen LogP contribution in [0, 0.1) is 0 Å². The van der Waals surface area contributed by atoms with E-state index in [0.717, 1.165) is 0 Å². The molecular weight excluding hydrogens is 151 g/mol. The monoisotopic (exact) mass is 156 g/mol. The molecule has 0 aromatic heterocycles. The highest BCUT2D eigenvalue weighted by atomic mass is 35.6. The number of rotatable bonds is 1. The highest BCUT2D eigenvalue weighted by Crippen LogP contribution is 1.67. The zero-order valence-corrected chi connectivity index (χ0v) is 6.95. The first-order chi connectivity index (χ1) is 3.33. The third-order valence-electron chi connectivity index (χ3n) is 0.129. The van der Waals surface area contributed by atoms with Crippen LogP contribution >= 0.6 is 18.1 Å². The lowest BCUT2D eigenvalue weighted by Crippen LogP contribution is -1.79. The van der Waals surface area contributed by atoms with Crippen LogP contribution in [0.15, 0.2) is 0 Å². The summed E-state index contributed by atoms with van der Waals surface area (Å²) in [4.78, 5) is 0. The van der Waals surface area contributed by atoms with Crippen molar-refractivity contribution in [2.24, 2.45) is 0 Å². The maximum atomic E-state index is 7.65. The van der Waals surface area contributed by atoms with Gasteiger partial charge < -0.3 is 28.0 Å². The van der Waals surface area contributed by atoms with Gasteiger partial charge in [-0.05, 0) is 0 Å². The van der Waals surface area contributed by atoms with Gasteiger partial charge in [-0.3, -0.25) is 0 Å². The van der Waals surface area contributed by atoms with Crippen molar-refractivity contribution in [3.63, 3.8) is 0 Å². The molecule has 0 aromatic rings. The molecule has 0 aliphatic heterocycles. The maximum Gasteiger partial charge on any atom is 0.618 e. The number of hydrogen-bond donors (Lipinski definition) is 1. The molecule has 0 spiro atoms. The van der Waals surface area contributed by atoms with Crippen molar-refractivity contribution in [1.82, 2.24) is 0 Å². The summed E-state index contributed by atoms with van der Waals surface area (Å²) in [5.74, 6) is 0. The molecule has 0 radical (unpaired) electrons. The molecule has 0 rings (SSSR count). The molecule has 0 saturated heterocycles. The molecule has 0 fully saturated rings. The summed E-state index contributed by atoms with van der Waals surface area (Å²) < 4.78 is 4.10. The zero-order valence-electron chi connectivity index (χ0n) is 4.03. The molecule has 2 nitrogen and oxygen atoms in total. The smallest absolute Gasteiger partial charge is 0.371 e. The van der Waals surface area contributed by atoms with Crippen LogP contribution in [-0.2, 0) is 4.74 Å². The van der Waals surface area contributed by atoms with Crippen molar-refractivity contribution in [3.8, 4) is 0 Å². The Kier molecular flexibility index (Phi) is 24.9. The summed E-state index contributed by atoms with van der Waals surface area (Å²) in [7, 11) is 11.2. The van der Waals surface area contributed by atoms with Crippen LogP contribution in [0.4, 0.5) is 0 Å². The van der Waals surface area contributed by atoms with Gasteiger partial charge in [-0.1, -0.05) is 0 Å². The molecule has 7 heavy (non-hydrogen) atoms. The molecule has 0 saturated carbocycles. The van der Waals surface area contributed by atoms with Gasteiger partial charge in [0.1, 0.15) is 6.79 Å². The van der Waals surface area contributed by atoms with Gasteiger partial charge in [-0.15, -0.1) is 0 Å². The van der Waals surface area contributed by atoms with Gasteiger partial charge in [0, 0.05) is 7.11 Å². The topological polar surface area (TPSA) is 29.5 Å². The predicted molar refractivity (Wildman–Crippen MR) is 31.6 cm³/mol. The molecule has 0 heterocycles. The summed E-state index contributed by atoms with van der Waals surface area (Å²) in [5.41, 5.74) is 0. The van der Waals surface area contributed by atoms with Gasteiger partial charge in [0.25, 0.3) is 0 Å². The fraction of sp³-hybridized carbons (Fsp3) is 1.00. The first-order valence-corrected chi connectivity index (χ1v) is 5.82. The van der Waals surface area contributed by atoms with Crippen LogP contribution < -0.4 is 0 Å². The summed E-state index contributed by atoms with van der Waals surface area (Å²) in [6.45, 7) is -0.181. The summed E-state index contributed by atoms with van der Waals surface area (Å²) in [6, 6.07) is 0. The first-order valence-electron chi connectivity index (χ1n) is 1.55. The van der Waals surface area contributed by atoms with E-state index in [2.05, 4.69) is 4.74 Å². The maximum absolute atomic E-state index is 7.65. The van der Waals surface area contributed by atoms with E-state index in [0.29, 0.717) is 0 Å².